The Labute approximate surface area is 153 Å². The van der Waals surface area contributed by atoms with Gasteiger partial charge in [0.05, 0.1) is 23.2 Å². The maximum atomic E-state index is 12.6. The van der Waals surface area contributed by atoms with E-state index in [4.69, 9.17) is 4.74 Å². The van der Waals surface area contributed by atoms with E-state index in [2.05, 4.69) is 20.0 Å². The quantitative estimate of drug-likeness (QED) is 0.636. The molecule has 9 heteroatoms. The van der Waals surface area contributed by atoms with Crippen LogP contribution in [0.2, 0.25) is 0 Å². The molecule has 26 heavy (non-hydrogen) atoms. The van der Waals surface area contributed by atoms with Crippen LogP contribution in [0, 0.1) is 0 Å². The molecule has 0 radical (unpaired) electrons. The van der Waals surface area contributed by atoms with E-state index in [-0.39, 0.29) is 16.4 Å². The Kier molecular flexibility index (Phi) is 7.19. The minimum Gasteiger partial charge on any atom is -0.380 e. The lowest BCUT2D eigenvalue weighted by Gasteiger charge is -2.14. The van der Waals surface area contributed by atoms with Crippen LogP contribution in [0.3, 0.4) is 0 Å². The molecule has 0 bridgehead atoms. The molecule has 0 spiro atoms. The predicted molar refractivity (Wildman–Crippen MR) is 96.0 cm³/mol. The average molecular weight is 378 g/mol. The minimum absolute atomic E-state index is 0.0101. The zero-order valence-corrected chi connectivity index (χ0v) is 15.5. The van der Waals surface area contributed by atoms with Gasteiger partial charge in [-0.05, 0) is 38.1 Å². The first-order valence-corrected chi connectivity index (χ1v) is 9.66. The highest BCUT2D eigenvalue weighted by Gasteiger charge is 2.20. The van der Waals surface area contributed by atoms with Crippen molar-refractivity contribution in [3.8, 4) is 0 Å². The van der Waals surface area contributed by atoms with Crippen molar-refractivity contribution in [1.82, 2.24) is 20.0 Å². The van der Waals surface area contributed by atoms with E-state index in [1.165, 1.54) is 24.5 Å². The highest BCUT2D eigenvalue weighted by Crippen LogP contribution is 2.16. The van der Waals surface area contributed by atoms with Crippen LogP contribution in [0.4, 0.5) is 0 Å². The molecule has 1 heterocycles. The van der Waals surface area contributed by atoms with Crippen molar-refractivity contribution in [3.05, 3.63) is 54.1 Å². The molecule has 2 rings (SSSR count). The summed E-state index contributed by atoms with van der Waals surface area (Å²) in [5.41, 5.74) is 0.812. The first kappa shape index (κ1) is 20.0. The maximum Gasteiger partial charge on any atom is 0.251 e. The van der Waals surface area contributed by atoms with Crippen LogP contribution in [-0.4, -0.2) is 44.1 Å². The van der Waals surface area contributed by atoms with Gasteiger partial charge in [0.2, 0.25) is 10.0 Å². The molecule has 1 unspecified atom stereocenters. The fourth-order valence-corrected chi connectivity index (χ4v) is 3.47. The van der Waals surface area contributed by atoms with Crippen molar-refractivity contribution in [2.24, 2.45) is 0 Å². The third-order valence-corrected chi connectivity index (χ3v) is 5.06. The normalized spacial score (nSPS) is 12.5. The Bertz CT molecular complexity index is 828. The van der Waals surface area contributed by atoms with Crippen molar-refractivity contribution in [3.63, 3.8) is 0 Å². The predicted octanol–water partition coefficient (Wildman–Crippen LogP) is 1.28. The van der Waals surface area contributed by atoms with E-state index < -0.39 is 16.1 Å². The lowest BCUT2D eigenvalue weighted by atomic mass is 10.2. The second-order valence-electron chi connectivity index (χ2n) is 5.46. The number of rotatable bonds is 9. The van der Waals surface area contributed by atoms with Crippen molar-refractivity contribution < 1.29 is 17.9 Å². The molecule has 0 fully saturated rings. The Morgan fingerprint density at radius 2 is 2.12 bits per heavy atom. The number of hydrogen-bond acceptors (Lipinski definition) is 6. The number of carbonyl (C=O) groups excluding carboxylic acids is 1. The number of sulfonamides is 1. The second kappa shape index (κ2) is 9.37. The molecule has 0 saturated heterocycles. The number of ether oxygens (including phenoxy) is 1. The van der Waals surface area contributed by atoms with Crippen LogP contribution >= 0.6 is 0 Å². The van der Waals surface area contributed by atoms with E-state index in [0.717, 1.165) is 0 Å². The van der Waals surface area contributed by atoms with Gasteiger partial charge in [-0.3, -0.25) is 4.79 Å². The van der Waals surface area contributed by atoms with Gasteiger partial charge in [-0.15, -0.1) is 0 Å². The molecule has 2 aromatic rings. The van der Waals surface area contributed by atoms with Crippen LogP contribution in [0.1, 0.15) is 35.9 Å². The van der Waals surface area contributed by atoms with Crippen molar-refractivity contribution >= 4 is 15.9 Å². The zero-order valence-electron chi connectivity index (χ0n) is 14.7. The number of aromatic nitrogens is 2. The second-order valence-corrected chi connectivity index (χ2v) is 7.17. The fraction of sp³-hybridized carbons (Fsp3) is 0.353. The van der Waals surface area contributed by atoms with Crippen LogP contribution in [0.25, 0.3) is 0 Å². The number of hydrogen-bond donors (Lipinski definition) is 2. The van der Waals surface area contributed by atoms with Gasteiger partial charge in [0.1, 0.15) is 6.33 Å². The van der Waals surface area contributed by atoms with Gasteiger partial charge in [0.15, 0.2) is 0 Å². The lowest BCUT2D eigenvalue weighted by molar-refractivity contribution is 0.0922. The summed E-state index contributed by atoms with van der Waals surface area (Å²) in [4.78, 5) is 20.0. The summed E-state index contributed by atoms with van der Waals surface area (Å²) in [6, 6.07) is 6.96. The first-order valence-electron chi connectivity index (χ1n) is 8.18. The highest BCUT2D eigenvalue weighted by atomic mass is 32.2. The van der Waals surface area contributed by atoms with Crippen LogP contribution in [0.15, 0.2) is 47.8 Å². The smallest absolute Gasteiger partial charge is 0.251 e. The van der Waals surface area contributed by atoms with Gasteiger partial charge in [0.25, 0.3) is 5.91 Å². The summed E-state index contributed by atoms with van der Waals surface area (Å²) in [6.45, 7) is 4.88. The number of carbonyl (C=O) groups is 1. The Hall–Kier alpha value is -2.36. The Morgan fingerprint density at radius 3 is 2.81 bits per heavy atom. The highest BCUT2D eigenvalue weighted by molar-refractivity contribution is 7.89. The number of benzene rings is 1. The molecule has 1 aromatic carbocycles. The van der Waals surface area contributed by atoms with Gasteiger partial charge in [0, 0.05) is 24.9 Å². The van der Waals surface area contributed by atoms with Gasteiger partial charge in [-0.2, -0.15) is 0 Å². The Balaban J connectivity index is 2.08. The van der Waals surface area contributed by atoms with Crippen molar-refractivity contribution in [2.45, 2.75) is 24.8 Å². The number of nitrogens with one attached hydrogen (secondary N) is 2. The molecule has 1 atom stereocenters. The fourth-order valence-electron chi connectivity index (χ4n) is 2.21. The van der Waals surface area contributed by atoms with E-state index in [9.17, 15) is 13.2 Å². The van der Waals surface area contributed by atoms with Crippen molar-refractivity contribution in [2.75, 3.05) is 19.8 Å². The topological polar surface area (TPSA) is 110 Å². The van der Waals surface area contributed by atoms with Gasteiger partial charge in [-0.1, -0.05) is 6.07 Å². The molecular formula is C17H22N4O4S. The molecule has 8 nitrogen and oxygen atoms in total. The van der Waals surface area contributed by atoms with E-state index in [0.29, 0.717) is 25.5 Å². The molecule has 2 N–H and O–H groups in total. The molecule has 0 aliphatic rings. The summed E-state index contributed by atoms with van der Waals surface area (Å²) >= 11 is 0. The third kappa shape index (κ3) is 5.58. The third-order valence-electron chi connectivity index (χ3n) is 3.52. The van der Waals surface area contributed by atoms with Crippen LogP contribution < -0.4 is 10.0 Å². The monoisotopic (exact) mass is 378 g/mol. The number of amides is 1. The molecule has 0 aliphatic heterocycles. The standard InChI is InChI=1S/C17H22N4O4S/c1-3-25-10-9-19-17(22)14-5-4-6-15(11-14)26(23,24)21-13(2)16-7-8-18-12-20-16/h4-8,11-13,21H,3,9-10H2,1-2H3,(H,19,22). The molecule has 1 amide bonds. The molecule has 0 aliphatic carbocycles. The maximum absolute atomic E-state index is 12.6. The average Bonchev–Trinajstić information content (AvgIpc) is 2.65. The summed E-state index contributed by atoms with van der Waals surface area (Å²) < 4.78 is 32.9. The Morgan fingerprint density at radius 1 is 1.31 bits per heavy atom. The van der Waals surface area contributed by atoms with Gasteiger partial charge < -0.3 is 10.1 Å². The SMILES string of the molecule is CCOCCNC(=O)c1cccc(S(=O)(=O)NC(C)c2ccncn2)c1. The number of nitrogens with zero attached hydrogens (tertiary/aromatic N) is 2. The van der Waals surface area contributed by atoms with E-state index in [1.807, 2.05) is 6.92 Å². The largest absolute Gasteiger partial charge is 0.380 e. The summed E-state index contributed by atoms with van der Waals surface area (Å²) in [6.07, 6.45) is 2.90. The summed E-state index contributed by atoms with van der Waals surface area (Å²) in [5, 5.41) is 2.68. The van der Waals surface area contributed by atoms with E-state index in [1.54, 1.807) is 25.3 Å². The summed E-state index contributed by atoms with van der Waals surface area (Å²) in [5.74, 6) is -0.356. The lowest BCUT2D eigenvalue weighted by Crippen LogP contribution is -2.29. The van der Waals surface area contributed by atoms with Gasteiger partial charge in [-0.25, -0.2) is 23.1 Å². The molecule has 1 aromatic heterocycles. The van der Waals surface area contributed by atoms with Crippen LogP contribution in [0.5, 0.6) is 0 Å². The molecular weight excluding hydrogens is 356 g/mol. The van der Waals surface area contributed by atoms with Gasteiger partial charge >= 0.3 is 0 Å². The minimum atomic E-state index is -3.81. The zero-order chi connectivity index (χ0) is 19.0. The van der Waals surface area contributed by atoms with Crippen molar-refractivity contribution in [1.29, 1.82) is 0 Å². The first-order chi connectivity index (χ1) is 12.4. The molecule has 140 valence electrons. The summed E-state index contributed by atoms with van der Waals surface area (Å²) in [7, 11) is -3.81. The van der Waals surface area contributed by atoms with Crippen LogP contribution in [-0.2, 0) is 14.8 Å². The van der Waals surface area contributed by atoms with E-state index >= 15 is 0 Å². The molecule has 0 saturated carbocycles.